The molecule has 1 aromatic rings. The third-order valence-corrected chi connectivity index (χ3v) is 3.47. The molecular formula is C16H22N2O3. The van der Waals surface area contributed by atoms with Crippen LogP contribution in [0, 0.1) is 6.92 Å². The van der Waals surface area contributed by atoms with E-state index < -0.39 is 0 Å². The Bertz CT molecular complexity index is 528. The highest BCUT2D eigenvalue weighted by atomic mass is 16.5. The fourth-order valence-corrected chi connectivity index (χ4v) is 2.26. The second kappa shape index (κ2) is 7.11. The molecule has 0 fully saturated rings. The lowest BCUT2D eigenvalue weighted by Gasteiger charge is -2.29. The number of hydrogen-bond donors (Lipinski definition) is 1. The van der Waals surface area contributed by atoms with E-state index in [4.69, 9.17) is 4.74 Å². The van der Waals surface area contributed by atoms with Gasteiger partial charge in [0.25, 0.3) is 5.91 Å². The fraction of sp³-hybridized carbons (Fsp3) is 0.500. The molecule has 0 saturated carbocycles. The maximum atomic E-state index is 12.0. The first-order valence-electron chi connectivity index (χ1n) is 7.42. The Kier molecular flexibility index (Phi) is 5.20. The molecule has 2 amide bonds. The van der Waals surface area contributed by atoms with Crippen molar-refractivity contribution in [1.82, 2.24) is 5.32 Å². The number of anilines is 1. The summed E-state index contributed by atoms with van der Waals surface area (Å²) < 4.78 is 5.44. The molecule has 0 radical (unpaired) electrons. The maximum Gasteiger partial charge on any atom is 0.265 e. The molecule has 21 heavy (non-hydrogen) atoms. The van der Waals surface area contributed by atoms with Crippen LogP contribution in [-0.4, -0.2) is 31.5 Å². The number of nitrogens with zero attached hydrogens (tertiary/aromatic N) is 1. The van der Waals surface area contributed by atoms with Gasteiger partial charge in [-0.25, -0.2) is 0 Å². The summed E-state index contributed by atoms with van der Waals surface area (Å²) in [6.45, 7) is 5.18. The number of benzene rings is 1. The summed E-state index contributed by atoms with van der Waals surface area (Å²) >= 11 is 0. The number of fused-ring (bicyclic) bond motifs is 1. The van der Waals surface area contributed by atoms with E-state index in [1.54, 1.807) is 4.90 Å². The molecule has 1 heterocycles. The third-order valence-electron chi connectivity index (χ3n) is 3.47. The minimum absolute atomic E-state index is 0.0172. The molecule has 5 nitrogen and oxygen atoms in total. The van der Waals surface area contributed by atoms with Gasteiger partial charge in [0.1, 0.15) is 5.75 Å². The molecule has 0 aliphatic carbocycles. The zero-order chi connectivity index (χ0) is 15.2. The number of nitrogens with one attached hydrogen (secondary N) is 1. The Balaban J connectivity index is 1.97. The molecule has 0 aromatic heterocycles. The van der Waals surface area contributed by atoms with E-state index in [-0.39, 0.29) is 18.4 Å². The standard InChI is InChI=1S/C16H22N2O3/c1-3-4-8-17-15(19)7-9-18-13-6-5-12(2)10-14(13)21-11-16(18)20/h5-6,10H,3-4,7-9,11H2,1-2H3,(H,17,19). The van der Waals surface area contributed by atoms with Gasteiger partial charge >= 0.3 is 0 Å². The minimum atomic E-state index is -0.104. The lowest BCUT2D eigenvalue weighted by atomic mass is 10.1. The minimum Gasteiger partial charge on any atom is -0.482 e. The van der Waals surface area contributed by atoms with Crippen LogP contribution < -0.4 is 15.0 Å². The van der Waals surface area contributed by atoms with Gasteiger partial charge in [0.15, 0.2) is 6.61 Å². The SMILES string of the molecule is CCCCNC(=O)CCN1C(=O)COc2cc(C)ccc21. The van der Waals surface area contributed by atoms with Crippen LogP contribution in [-0.2, 0) is 9.59 Å². The summed E-state index contributed by atoms with van der Waals surface area (Å²) in [4.78, 5) is 25.4. The zero-order valence-electron chi connectivity index (χ0n) is 12.6. The van der Waals surface area contributed by atoms with E-state index >= 15 is 0 Å². The van der Waals surface area contributed by atoms with Gasteiger partial charge in [0.05, 0.1) is 5.69 Å². The van der Waals surface area contributed by atoms with Gasteiger partial charge in [-0.05, 0) is 31.0 Å². The zero-order valence-corrected chi connectivity index (χ0v) is 12.6. The van der Waals surface area contributed by atoms with E-state index in [9.17, 15) is 9.59 Å². The summed E-state index contributed by atoms with van der Waals surface area (Å²) in [6.07, 6.45) is 2.34. The number of hydrogen-bond acceptors (Lipinski definition) is 3. The first-order chi connectivity index (χ1) is 10.1. The monoisotopic (exact) mass is 290 g/mol. The predicted molar refractivity (Wildman–Crippen MR) is 81.6 cm³/mol. The van der Waals surface area contributed by atoms with Crippen molar-refractivity contribution in [1.29, 1.82) is 0 Å². The van der Waals surface area contributed by atoms with Gasteiger partial charge in [-0.3, -0.25) is 9.59 Å². The Morgan fingerprint density at radius 3 is 3.00 bits per heavy atom. The van der Waals surface area contributed by atoms with E-state index in [0.717, 1.165) is 24.1 Å². The topological polar surface area (TPSA) is 58.6 Å². The van der Waals surface area contributed by atoms with Gasteiger partial charge in [0, 0.05) is 19.5 Å². The number of rotatable bonds is 6. The molecule has 0 saturated heterocycles. The van der Waals surface area contributed by atoms with Crippen molar-refractivity contribution in [2.24, 2.45) is 0 Å². The van der Waals surface area contributed by atoms with Crippen LogP contribution >= 0.6 is 0 Å². The van der Waals surface area contributed by atoms with Crippen LogP contribution in [0.3, 0.4) is 0 Å². The second-order valence-electron chi connectivity index (χ2n) is 5.26. The summed E-state index contributed by atoms with van der Waals surface area (Å²) in [5.74, 6) is 0.588. The van der Waals surface area contributed by atoms with Crippen molar-refractivity contribution in [3.8, 4) is 5.75 Å². The number of ether oxygens (including phenoxy) is 1. The highest BCUT2D eigenvalue weighted by Crippen LogP contribution is 2.32. The number of carbonyl (C=O) groups excluding carboxylic acids is 2. The van der Waals surface area contributed by atoms with E-state index in [0.29, 0.717) is 25.3 Å². The number of amides is 2. The second-order valence-corrected chi connectivity index (χ2v) is 5.26. The molecule has 1 N–H and O–H groups in total. The van der Waals surface area contributed by atoms with Crippen LogP contribution in [0.25, 0.3) is 0 Å². The third kappa shape index (κ3) is 3.97. The van der Waals surface area contributed by atoms with Crippen molar-refractivity contribution in [2.75, 3.05) is 24.6 Å². The first-order valence-corrected chi connectivity index (χ1v) is 7.42. The lowest BCUT2D eigenvalue weighted by molar-refractivity contribution is -0.122. The van der Waals surface area contributed by atoms with Gasteiger partial charge < -0.3 is 15.0 Å². The summed E-state index contributed by atoms with van der Waals surface area (Å²) in [5, 5.41) is 2.86. The Morgan fingerprint density at radius 2 is 2.24 bits per heavy atom. The molecule has 0 bridgehead atoms. The lowest BCUT2D eigenvalue weighted by Crippen LogP contribution is -2.41. The van der Waals surface area contributed by atoms with Crippen LogP contribution in [0.15, 0.2) is 18.2 Å². The van der Waals surface area contributed by atoms with Crippen molar-refractivity contribution in [2.45, 2.75) is 33.1 Å². The van der Waals surface area contributed by atoms with Crippen molar-refractivity contribution in [3.05, 3.63) is 23.8 Å². The number of carbonyl (C=O) groups is 2. The van der Waals surface area contributed by atoms with Gasteiger partial charge in [-0.15, -0.1) is 0 Å². The van der Waals surface area contributed by atoms with Crippen molar-refractivity contribution < 1.29 is 14.3 Å². The van der Waals surface area contributed by atoms with Crippen LogP contribution in [0.1, 0.15) is 31.7 Å². The highest BCUT2D eigenvalue weighted by molar-refractivity contribution is 5.98. The summed E-state index contributed by atoms with van der Waals surface area (Å²) in [7, 11) is 0. The van der Waals surface area contributed by atoms with Crippen molar-refractivity contribution in [3.63, 3.8) is 0 Å². The largest absolute Gasteiger partial charge is 0.482 e. The molecule has 1 aliphatic rings. The Hall–Kier alpha value is -2.04. The molecule has 114 valence electrons. The average Bonchev–Trinajstić information content (AvgIpc) is 2.46. The molecule has 0 spiro atoms. The quantitative estimate of drug-likeness (QED) is 0.816. The fourth-order valence-electron chi connectivity index (χ4n) is 2.26. The molecule has 2 rings (SSSR count). The van der Waals surface area contributed by atoms with E-state index in [2.05, 4.69) is 12.2 Å². The molecule has 5 heteroatoms. The van der Waals surface area contributed by atoms with Gasteiger partial charge in [0.2, 0.25) is 5.91 Å². The maximum absolute atomic E-state index is 12.0. The van der Waals surface area contributed by atoms with Gasteiger partial charge in [-0.1, -0.05) is 19.4 Å². The molecule has 1 aromatic carbocycles. The van der Waals surface area contributed by atoms with Gasteiger partial charge in [-0.2, -0.15) is 0 Å². The molecular weight excluding hydrogens is 268 g/mol. The van der Waals surface area contributed by atoms with Crippen LogP contribution in [0.4, 0.5) is 5.69 Å². The van der Waals surface area contributed by atoms with Crippen LogP contribution in [0.2, 0.25) is 0 Å². The Labute approximate surface area is 125 Å². The van der Waals surface area contributed by atoms with Crippen LogP contribution in [0.5, 0.6) is 5.75 Å². The van der Waals surface area contributed by atoms with Crippen molar-refractivity contribution >= 4 is 17.5 Å². The number of unbranched alkanes of at least 4 members (excludes halogenated alkanes) is 1. The average molecular weight is 290 g/mol. The summed E-state index contributed by atoms with van der Waals surface area (Å²) in [6, 6.07) is 5.72. The smallest absolute Gasteiger partial charge is 0.265 e. The molecule has 0 unspecified atom stereocenters. The molecule has 0 atom stereocenters. The normalized spacial score (nSPS) is 13.6. The Morgan fingerprint density at radius 1 is 1.43 bits per heavy atom. The van der Waals surface area contributed by atoms with E-state index in [1.807, 2.05) is 25.1 Å². The molecule has 1 aliphatic heterocycles. The first kappa shape index (κ1) is 15.4. The highest BCUT2D eigenvalue weighted by Gasteiger charge is 2.25. The van der Waals surface area contributed by atoms with E-state index in [1.165, 1.54) is 0 Å². The number of aryl methyl sites for hydroxylation is 1. The summed E-state index contributed by atoms with van der Waals surface area (Å²) in [5.41, 5.74) is 1.83. The predicted octanol–water partition coefficient (Wildman–Crippen LogP) is 2.03.